The third-order valence-corrected chi connectivity index (χ3v) is 25.1. The first-order valence-corrected chi connectivity index (χ1v) is 43.7. The van der Waals surface area contributed by atoms with Crippen molar-refractivity contribution >= 4 is 109 Å². The highest BCUT2D eigenvalue weighted by Crippen LogP contribution is 2.44. The lowest BCUT2D eigenvalue weighted by Gasteiger charge is -2.13. The molecule has 18 aromatic carbocycles. The molecule has 0 spiro atoms. The molecule has 7 heterocycles. The first-order valence-electron chi connectivity index (χ1n) is 43.7. The minimum atomic E-state index is 0.584. The maximum absolute atomic E-state index is 6.19. The lowest BCUT2D eigenvalue weighted by atomic mass is 9.91. The fourth-order valence-electron chi connectivity index (χ4n) is 18.5. The number of aryl methyl sites for hydroxylation is 3. The Morgan fingerprint density at radius 1 is 0.192 bits per heavy atom. The zero-order valence-corrected chi connectivity index (χ0v) is 71.5. The molecule has 0 atom stereocenters. The predicted octanol–water partition coefficient (Wildman–Crippen LogP) is 29.3. The standard InChI is InChI=1S/C45H29N3.C37H27N5.C35H24N4O/c1-3-13-30(14-4-1)43-46-44(31-15-5-2-6-16-31)48-45(47-43)36-20-12-19-34(28-36)32-17-11-18-33(27-32)35-25-26-41-39-23-8-7-21-37(39)38-22-9-10-24-40(38)42(41)29-35;1-24-25(2)41(37-39-35(26-14-6-3-7-15-26)38-36(40-37)27-16-8-4-9-17-27)33-23-31-29-20-12-13-21-32(29)42(34(31)22-30(24)33)28-18-10-5-11-19-28;1-21-22(2)40-31-20-28-30(19-27(21)31)39(29-18-17-23-11-9-10-16-26(23)32(28)29)35-37-33(24-12-5-3-6-13-24)36-34(38-35)25-14-7-4-8-15-25/h1-29H;3-23H,1-2H3;3-20H,1-2H3. The van der Waals surface area contributed by atoms with Crippen molar-refractivity contribution in [1.82, 2.24) is 58.6 Å². The number of rotatable bonds is 12. The molecular weight excluding hydrogens is 1590 g/mol. The molecule has 614 valence electrons. The number of furan rings is 1. The summed E-state index contributed by atoms with van der Waals surface area (Å²) in [6.07, 6.45) is 0. The molecule has 0 aliphatic carbocycles. The molecule has 0 saturated carbocycles. The summed E-state index contributed by atoms with van der Waals surface area (Å²) in [5.41, 5.74) is 22.3. The first-order chi connectivity index (χ1) is 64.1. The summed E-state index contributed by atoms with van der Waals surface area (Å²) in [5, 5.41) is 17.0. The lowest BCUT2D eigenvalue weighted by Crippen LogP contribution is -2.07. The van der Waals surface area contributed by atoms with E-state index in [0.717, 1.165) is 111 Å². The summed E-state index contributed by atoms with van der Waals surface area (Å²) >= 11 is 0. The van der Waals surface area contributed by atoms with Crippen molar-refractivity contribution in [3.63, 3.8) is 0 Å². The van der Waals surface area contributed by atoms with Crippen LogP contribution in [0, 0.1) is 27.7 Å². The van der Waals surface area contributed by atoms with Gasteiger partial charge in [-0.05, 0) is 171 Å². The molecule has 0 unspecified atom stereocenters. The zero-order chi connectivity index (χ0) is 86.9. The highest BCUT2D eigenvalue weighted by molar-refractivity contribution is 6.26. The van der Waals surface area contributed by atoms with E-state index >= 15 is 0 Å². The minimum absolute atomic E-state index is 0.584. The van der Waals surface area contributed by atoms with Crippen molar-refractivity contribution in [3.05, 3.63) is 435 Å². The largest absolute Gasteiger partial charge is 0.461 e. The van der Waals surface area contributed by atoms with Crippen LogP contribution in [0.4, 0.5) is 0 Å². The fraction of sp³-hybridized carbons (Fsp3) is 0.0342. The number of para-hydroxylation sites is 2. The molecule has 0 aliphatic heterocycles. The fourth-order valence-corrected chi connectivity index (χ4v) is 18.5. The number of hydrogen-bond acceptors (Lipinski definition) is 10. The first kappa shape index (κ1) is 77.5. The van der Waals surface area contributed by atoms with Crippen molar-refractivity contribution in [2.24, 2.45) is 0 Å². The highest BCUT2D eigenvalue weighted by Gasteiger charge is 2.26. The van der Waals surface area contributed by atoms with Crippen LogP contribution < -0.4 is 0 Å². The quantitative estimate of drug-likeness (QED) is 0.108. The Bertz CT molecular complexity index is 8490. The number of nitrogens with zero attached hydrogens (tertiary/aromatic N) is 12. The lowest BCUT2D eigenvalue weighted by molar-refractivity contribution is 0.575. The van der Waals surface area contributed by atoms with Gasteiger partial charge in [0.05, 0.1) is 27.6 Å². The summed E-state index contributed by atoms with van der Waals surface area (Å²) in [6, 6.07) is 143. The van der Waals surface area contributed by atoms with E-state index in [0.29, 0.717) is 52.7 Å². The Morgan fingerprint density at radius 2 is 0.546 bits per heavy atom. The molecule has 13 nitrogen and oxygen atoms in total. The molecule has 7 aromatic heterocycles. The molecule has 0 fully saturated rings. The van der Waals surface area contributed by atoms with Crippen molar-refractivity contribution < 1.29 is 4.42 Å². The minimum Gasteiger partial charge on any atom is -0.461 e. The highest BCUT2D eigenvalue weighted by atomic mass is 16.3. The molecule has 130 heavy (non-hydrogen) atoms. The SMILES string of the molecule is Cc1c(C)n(-c2nc(-c3ccccc3)nc(-c3ccccc3)n2)c2cc3c4ccccc4n(-c4ccccc4)c3cc12.Cc1oc2cc3c4c5ccccc5ccc4n(-c4nc(-c5ccccc5)nc(-c5ccccc5)n4)c3cc2c1C.c1ccc(-c2nc(-c3ccccc3)nc(-c3cccc(-c4cccc(-c5ccc6c7ccccc7c7ccccc7c6c5)c4)c3)n2)cc1. The summed E-state index contributed by atoms with van der Waals surface area (Å²) in [4.78, 5) is 44.8. The second kappa shape index (κ2) is 32.7. The van der Waals surface area contributed by atoms with E-state index in [1.165, 1.54) is 87.0 Å². The van der Waals surface area contributed by atoms with E-state index in [-0.39, 0.29) is 0 Å². The Kier molecular flexibility index (Phi) is 19.5. The Morgan fingerprint density at radius 3 is 1.05 bits per heavy atom. The van der Waals surface area contributed by atoms with Gasteiger partial charge in [-0.25, -0.2) is 24.9 Å². The molecule has 13 heteroatoms. The maximum atomic E-state index is 6.19. The van der Waals surface area contributed by atoms with Gasteiger partial charge in [0.2, 0.25) is 11.9 Å². The van der Waals surface area contributed by atoms with E-state index in [1.54, 1.807) is 0 Å². The summed E-state index contributed by atoms with van der Waals surface area (Å²) in [7, 11) is 0. The van der Waals surface area contributed by atoms with E-state index in [9.17, 15) is 0 Å². The second-order valence-corrected chi connectivity index (χ2v) is 32.9. The van der Waals surface area contributed by atoms with E-state index in [4.69, 9.17) is 49.3 Å². The van der Waals surface area contributed by atoms with Crippen LogP contribution in [-0.2, 0) is 0 Å². The van der Waals surface area contributed by atoms with E-state index in [1.807, 2.05) is 189 Å². The van der Waals surface area contributed by atoms with Crippen molar-refractivity contribution in [1.29, 1.82) is 0 Å². The predicted molar refractivity (Wildman–Crippen MR) is 533 cm³/mol. The third-order valence-electron chi connectivity index (χ3n) is 25.1. The van der Waals surface area contributed by atoms with Crippen molar-refractivity contribution in [3.8, 4) is 120 Å². The Hall–Kier alpha value is -17.3. The van der Waals surface area contributed by atoms with Crippen molar-refractivity contribution in [2.45, 2.75) is 27.7 Å². The third kappa shape index (κ3) is 14.0. The molecule has 25 aromatic rings. The average Bonchev–Trinajstić information content (AvgIpc) is 1.54. The monoisotopic (exact) mass is 1670 g/mol. The number of hydrogen-bond donors (Lipinski definition) is 0. The summed E-state index contributed by atoms with van der Waals surface area (Å²) in [6.45, 7) is 8.47. The van der Waals surface area contributed by atoms with Crippen LogP contribution in [0.2, 0.25) is 0 Å². The number of benzene rings is 18. The van der Waals surface area contributed by atoms with Gasteiger partial charge in [-0.1, -0.05) is 346 Å². The van der Waals surface area contributed by atoms with Gasteiger partial charge in [0.15, 0.2) is 40.8 Å². The van der Waals surface area contributed by atoms with Crippen LogP contribution in [0.25, 0.3) is 228 Å². The zero-order valence-electron chi connectivity index (χ0n) is 71.5. The number of fused-ring (bicyclic) bond motifs is 16. The van der Waals surface area contributed by atoms with Crippen LogP contribution in [0.5, 0.6) is 0 Å². The van der Waals surface area contributed by atoms with Crippen LogP contribution >= 0.6 is 0 Å². The normalized spacial score (nSPS) is 11.5. The molecule has 0 radical (unpaired) electrons. The van der Waals surface area contributed by atoms with Gasteiger partial charge in [0.25, 0.3) is 0 Å². The van der Waals surface area contributed by atoms with Gasteiger partial charge in [-0.15, -0.1) is 0 Å². The molecule has 0 aliphatic rings. The molecular formula is C117H80N12O. The van der Waals surface area contributed by atoms with Gasteiger partial charge in [-0.2, -0.15) is 19.9 Å². The van der Waals surface area contributed by atoms with E-state index < -0.39 is 0 Å². The maximum Gasteiger partial charge on any atom is 0.238 e. The van der Waals surface area contributed by atoms with Crippen LogP contribution in [0.1, 0.15) is 22.6 Å². The van der Waals surface area contributed by atoms with Crippen LogP contribution in [-0.4, -0.2) is 58.6 Å². The van der Waals surface area contributed by atoms with E-state index in [2.05, 4.69) is 265 Å². The number of aromatic nitrogens is 12. The molecule has 0 amide bonds. The molecule has 0 bridgehead atoms. The molecule has 25 rings (SSSR count). The average molecular weight is 1670 g/mol. The van der Waals surface area contributed by atoms with Gasteiger partial charge in [0, 0.05) is 82.6 Å². The Balaban J connectivity index is 0.000000112. The topological polar surface area (TPSA) is 144 Å². The van der Waals surface area contributed by atoms with Crippen LogP contribution in [0.15, 0.2) is 417 Å². The molecule has 0 N–H and O–H groups in total. The van der Waals surface area contributed by atoms with Gasteiger partial charge in [0.1, 0.15) is 11.3 Å². The Labute approximate surface area is 749 Å². The van der Waals surface area contributed by atoms with Crippen LogP contribution in [0.3, 0.4) is 0 Å². The summed E-state index contributed by atoms with van der Waals surface area (Å²) in [5.74, 6) is 6.67. The second-order valence-electron chi connectivity index (χ2n) is 32.9. The summed E-state index contributed by atoms with van der Waals surface area (Å²) < 4.78 is 12.9. The van der Waals surface area contributed by atoms with Gasteiger partial charge >= 0.3 is 0 Å². The van der Waals surface area contributed by atoms with Gasteiger partial charge < -0.3 is 8.98 Å². The van der Waals surface area contributed by atoms with Crippen molar-refractivity contribution in [2.75, 3.05) is 0 Å². The smallest absolute Gasteiger partial charge is 0.238 e. The molecule has 0 saturated heterocycles. The van der Waals surface area contributed by atoms with Gasteiger partial charge in [-0.3, -0.25) is 9.13 Å².